The highest BCUT2D eigenvalue weighted by atomic mass is 19.4. The van der Waals surface area contributed by atoms with E-state index in [9.17, 15) is 26.3 Å². The lowest BCUT2D eigenvalue weighted by Gasteiger charge is -2.01. The molecule has 0 aliphatic rings. The fourth-order valence-electron chi connectivity index (χ4n) is 0.231. The molecule has 0 bridgehead atoms. The van der Waals surface area contributed by atoms with Gasteiger partial charge in [-0.2, -0.15) is 26.3 Å². The van der Waals surface area contributed by atoms with Crippen LogP contribution in [0.2, 0.25) is 0 Å². The molecule has 0 aliphatic carbocycles. The van der Waals surface area contributed by atoms with Crippen LogP contribution in [-0.4, -0.2) is 25.4 Å². The van der Waals surface area contributed by atoms with Crippen LogP contribution in [0.4, 0.5) is 26.3 Å². The molecule has 0 aromatic carbocycles. The number of hydrogen-bond donors (Lipinski definition) is 4. The van der Waals surface area contributed by atoms with Gasteiger partial charge in [-0.05, 0) is 0 Å². The molecule has 0 saturated heterocycles. The highest BCUT2D eigenvalue weighted by Crippen LogP contribution is 2.11. The first-order valence-corrected chi connectivity index (χ1v) is 3.13. The summed E-state index contributed by atoms with van der Waals surface area (Å²) in [5.41, 5.74) is 2.97. The van der Waals surface area contributed by atoms with Crippen LogP contribution in [0.15, 0.2) is 0 Å². The summed E-state index contributed by atoms with van der Waals surface area (Å²) in [7, 11) is 0. The van der Waals surface area contributed by atoms with Crippen molar-refractivity contribution in [3.05, 3.63) is 0 Å². The molecule has 88 valence electrons. The molecule has 0 unspecified atom stereocenters. The molecular formula is C4H10F6N4. The summed E-state index contributed by atoms with van der Waals surface area (Å²) < 4.78 is 65.5. The number of halogens is 6. The maximum atomic E-state index is 10.9. The smallest absolute Gasteiger partial charge is 0.271 e. The predicted octanol–water partition coefficient (Wildman–Crippen LogP) is 0.0240. The Kier molecular flexibility index (Phi) is 7.72. The lowest BCUT2D eigenvalue weighted by atomic mass is 10.7. The van der Waals surface area contributed by atoms with Crippen LogP contribution in [-0.2, 0) is 0 Å². The summed E-state index contributed by atoms with van der Waals surface area (Å²) in [4.78, 5) is 0. The SMILES string of the molecule is NNCC(F)(F)F.NNCC(F)(F)F. The van der Waals surface area contributed by atoms with Gasteiger partial charge < -0.3 is 0 Å². The Morgan fingerprint density at radius 2 is 0.929 bits per heavy atom. The number of hydrazine groups is 2. The zero-order valence-electron chi connectivity index (χ0n) is 6.84. The number of rotatable bonds is 2. The summed E-state index contributed by atoms with van der Waals surface area (Å²) in [5.74, 6) is 8.69. The zero-order chi connectivity index (χ0) is 11.8. The number of nitrogens with one attached hydrogen (secondary N) is 2. The zero-order valence-corrected chi connectivity index (χ0v) is 6.84. The highest BCUT2D eigenvalue weighted by Gasteiger charge is 2.25. The molecule has 0 aromatic heterocycles. The molecular weight excluding hydrogens is 218 g/mol. The normalized spacial score (nSPS) is 12.0. The average molecular weight is 228 g/mol. The monoisotopic (exact) mass is 228 g/mol. The molecule has 0 fully saturated rings. The summed E-state index contributed by atoms with van der Waals surface area (Å²) in [6, 6.07) is 0. The minimum Gasteiger partial charge on any atom is -0.271 e. The Balaban J connectivity index is 0. The summed E-state index contributed by atoms with van der Waals surface area (Å²) in [6.07, 6.45) is -8.37. The van der Waals surface area contributed by atoms with E-state index in [0.717, 1.165) is 0 Å². The second-order valence-corrected chi connectivity index (χ2v) is 1.99. The van der Waals surface area contributed by atoms with Gasteiger partial charge in [0.05, 0.1) is 0 Å². The molecule has 0 amide bonds. The third kappa shape index (κ3) is 22.5. The Morgan fingerprint density at radius 3 is 0.929 bits per heavy atom. The molecule has 0 rings (SSSR count). The number of hydrogen-bond acceptors (Lipinski definition) is 4. The van der Waals surface area contributed by atoms with Crippen molar-refractivity contribution in [3.63, 3.8) is 0 Å². The molecule has 6 N–H and O–H groups in total. The van der Waals surface area contributed by atoms with Gasteiger partial charge in [0.2, 0.25) is 0 Å². The van der Waals surface area contributed by atoms with Crippen LogP contribution < -0.4 is 22.5 Å². The standard InChI is InChI=1S/2C2H5F3N2/c2*3-2(4,5)1-7-6/h2*7H,1,6H2. The highest BCUT2D eigenvalue weighted by molar-refractivity contribution is 4.48. The first kappa shape index (κ1) is 15.9. The predicted molar refractivity (Wildman–Crippen MR) is 36.5 cm³/mol. The summed E-state index contributed by atoms with van der Waals surface area (Å²) >= 11 is 0. The molecule has 0 spiro atoms. The molecule has 10 heteroatoms. The van der Waals surface area contributed by atoms with Gasteiger partial charge in [0.1, 0.15) is 13.1 Å². The average Bonchev–Trinajstić information content (AvgIpc) is 1.81. The lowest BCUT2D eigenvalue weighted by Crippen LogP contribution is -2.33. The van der Waals surface area contributed by atoms with Crippen molar-refractivity contribution in [1.29, 1.82) is 0 Å². The van der Waals surface area contributed by atoms with Gasteiger partial charge in [-0.25, -0.2) is 0 Å². The minimum atomic E-state index is -4.19. The molecule has 14 heavy (non-hydrogen) atoms. The van der Waals surface area contributed by atoms with Gasteiger partial charge in [0.25, 0.3) is 0 Å². The van der Waals surface area contributed by atoms with E-state index in [1.165, 1.54) is 10.9 Å². The molecule has 0 radical (unpaired) electrons. The van der Waals surface area contributed by atoms with Crippen molar-refractivity contribution >= 4 is 0 Å². The van der Waals surface area contributed by atoms with Gasteiger partial charge in [0.15, 0.2) is 0 Å². The van der Waals surface area contributed by atoms with Crippen molar-refractivity contribution in [1.82, 2.24) is 10.9 Å². The van der Waals surface area contributed by atoms with Crippen LogP contribution in [0.5, 0.6) is 0 Å². The van der Waals surface area contributed by atoms with Crippen LogP contribution in [0.1, 0.15) is 0 Å². The fourth-order valence-corrected chi connectivity index (χ4v) is 0.231. The second-order valence-electron chi connectivity index (χ2n) is 1.99. The maximum Gasteiger partial charge on any atom is 0.402 e. The van der Waals surface area contributed by atoms with Gasteiger partial charge in [-0.1, -0.05) is 0 Å². The van der Waals surface area contributed by atoms with E-state index in [0.29, 0.717) is 0 Å². The maximum absolute atomic E-state index is 10.9. The third-order valence-corrected chi connectivity index (χ3v) is 0.605. The van der Waals surface area contributed by atoms with E-state index >= 15 is 0 Å². The van der Waals surface area contributed by atoms with E-state index in [4.69, 9.17) is 0 Å². The Labute approximate surface area is 75.6 Å². The van der Waals surface area contributed by atoms with Crippen LogP contribution in [0.25, 0.3) is 0 Å². The second kappa shape index (κ2) is 6.81. The van der Waals surface area contributed by atoms with Crippen molar-refractivity contribution < 1.29 is 26.3 Å². The first-order valence-electron chi connectivity index (χ1n) is 3.13. The topological polar surface area (TPSA) is 76.1 Å². The van der Waals surface area contributed by atoms with E-state index in [-0.39, 0.29) is 0 Å². The third-order valence-electron chi connectivity index (χ3n) is 0.605. The van der Waals surface area contributed by atoms with Crippen molar-refractivity contribution in [3.8, 4) is 0 Å². The van der Waals surface area contributed by atoms with Gasteiger partial charge in [-0.3, -0.25) is 22.5 Å². The quantitative estimate of drug-likeness (QED) is 0.305. The van der Waals surface area contributed by atoms with Crippen molar-refractivity contribution in [2.45, 2.75) is 12.4 Å². The van der Waals surface area contributed by atoms with Crippen LogP contribution in [0, 0.1) is 0 Å². The van der Waals surface area contributed by atoms with Crippen LogP contribution >= 0.6 is 0 Å². The van der Waals surface area contributed by atoms with Crippen LogP contribution in [0.3, 0.4) is 0 Å². The van der Waals surface area contributed by atoms with Crippen molar-refractivity contribution in [2.24, 2.45) is 11.7 Å². The largest absolute Gasteiger partial charge is 0.402 e. The van der Waals surface area contributed by atoms with Gasteiger partial charge in [0, 0.05) is 0 Å². The van der Waals surface area contributed by atoms with Crippen molar-refractivity contribution in [2.75, 3.05) is 13.1 Å². The molecule has 0 atom stereocenters. The molecule has 0 aliphatic heterocycles. The molecule has 0 saturated carbocycles. The lowest BCUT2D eigenvalue weighted by molar-refractivity contribution is -0.125. The summed E-state index contributed by atoms with van der Waals surface area (Å²) in [6.45, 7) is -2.26. The molecule has 4 nitrogen and oxygen atoms in total. The minimum absolute atomic E-state index is 1.13. The van der Waals surface area contributed by atoms with E-state index < -0.39 is 25.4 Å². The van der Waals surface area contributed by atoms with Gasteiger partial charge >= 0.3 is 12.4 Å². The van der Waals surface area contributed by atoms with E-state index in [1.54, 1.807) is 0 Å². The Morgan fingerprint density at radius 1 is 0.714 bits per heavy atom. The van der Waals surface area contributed by atoms with E-state index in [1.807, 2.05) is 0 Å². The molecule has 0 aromatic rings. The van der Waals surface area contributed by atoms with Gasteiger partial charge in [-0.15, -0.1) is 0 Å². The van der Waals surface area contributed by atoms with E-state index in [2.05, 4.69) is 11.7 Å². The summed E-state index contributed by atoms with van der Waals surface area (Å²) in [5, 5.41) is 0. The Bertz CT molecular complexity index is 115. The Hall–Kier alpha value is -0.580. The first-order chi connectivity index (χ1) is 6.12. The number of nitrogens with two attached hydrogens (primary N) is 2. The number of alkyl halides is 6. The molecule has 0 heterocycles. The fraction of sp³-hybridized carbons (Fsp3) is 1.00.